The van der Waals surface area contributed by atoms with Crippen LogP contribution < -0.4 is 10.2 Å². The van der Waals surface area contributed by atoms with E-state index in [1.807, 2.05) is 36.4 Å². The van der Waals surface area contributed by atoms with Crippen LogP contribution in [-0.2, 0) is 6.54 Å². The second-order valence-corrected chi connectivity index (χ2v) is 6.82. The van der Waals surface area contributed by atoms with Crippen molar-refractivity contribution in [2.75, 3.05) is 12.9 Å². The topological polar surface area (TPSA) is 46.0 Å². The molecule has 0 atom stereocenters. The summed E-state index contributed by atoms with van der Waals surface area (Å²) >= 11 is 5.15. The third-order valence-corrected chi connectivity index (χ3v) is 4.76. The van der Waals surface area contributed by atoms with Crippen LogP contribution >= 0.6 is 27.7 Å². The van der Waals surface area contributed by atoms with Crippen LogP contribution in [0.2, 0.25) is 0 Å². The monoisotopic (exact) mass is 389 g/mol. The van der Waals surface area contributed by atoms with Gasteiger partial charge in [0.25, 0.3) is 0 Å². The number of nitrogens with one attached hydrogen (secondary N) is 1. The Labute approximate surface area is 148 Å². The molecule has 0 spiro atoms. The lowest BCUT2D eigenvalue weighted by molar-refractivity contribution is 0.414. The summed E-state index contributed by atoms with van der Waals surface area (Å²) in [5, 5.41) is 5.28. The number of rotatable bonds is 4. The fraction of sp³-hybridized carbons (Fsp3) is 0.176. The molecular weight excluding hydrogens is 374 g/mol. The molecule has 2 aromatic carbocycles. The highest BCUT2D eigenvalue weighted by molar-refractivity contribution is 9.10. The van der Waals surface area contributed by atoms with Gasteiger partial charge in [-0.25, -0.2) is 0 Å². The standard InChI is InChI=1S/C17H16BrN3OS/c1-22-15-7-5-12(6-8-15)10-19-17-21-20-16(11-23-17)13-3-2-4-14(18)9-13/h2-9H,10-11H2,1H3,(H,19,21). The maximum Gasteiger partial charge on any atom is 0.177 e. The van der Waals surface area contributed by atoms with Gasteiger partial charge in [-0.3, -0.25) is 10.4 Å². The highest BCUT2D eigenvalue weighted by Gasteiger charge is 2.12. The molecule has 1 heterocycles. The molecule has 1 aliphatic rings. The molecule has 0 aliphatic carbocycles. The molecule has 0 unspecified atom stereocenters. The van der Waals surface area contributed by atoms with Gasteiger partial charge in [0.1, 0.15) is 5.75 Å². The first-order valence-corrected chi connectivity index (χ1v) is 8.91. The van der Waals surface area contributed by atoms with Crippen LogP contribution in [0.15, 0.2) is 63.1 Å². The van der Waals surface area contributed by atoms with E-state index in [0.29, 0.717) is 6.54 Å². The van der Waals surface area contributed by atoms with Crippen LogP contribution in [0.1, 0.15) is 11.1 Å². The summed E-state index contributed by atoms with van der Waals surface area (Å²) < 4.78 is 6.21. The van der Waals surface area contributed by atoms with Gasteiger partial charge >= 0.3 is 0 Å². The van der Waals surface area contributed by atoms with E-state index in [4.69, 9.17) is 4.74 Å². The van der Waals surface area contributed by atoms with Crippen molar-refractivity contribution in [1.82, 2.24) is 5.43 Å². The zero-order chi connectivity index (χ0) is 16.1. The third-order valence-electron chi connectivity index (χ3n) is 3.35. The number of hydrogen-bond acceptors (Lipinski definition) is 4. The van der Waals surface area contributed by atoms with Gasteiger partial charge in [-0.1, -0.05) is 52.0 Å². The molecule has 118 valence electrons. The number of hydrogen-bond donors (Lipinski definition) is 1. The predicted molar refractivity (Wildman–Crippen MR) is 100 cm³/mol. The summed E-state index contributed by atoms with van der Waals surface area (Å²) in [6, 6.07) is 16.1. The number of hydrazone groups is 1. The Kier molecular flexibility index (Phi) is 5.35. The molecule has 0 bridgehead atoms. The zero-order valence-electron chi connectivity index (χ0n) is 12.6. The van der Waals surface area contributed by atoms with E-state index < -0.39 is 0 Å². The number of nitrogens with zero attached hydrogens (tertiary/aromatic N) is 2. The maximum atomic E-state index is 5.15. The summed E-state index contributed by atoms with van der Waals surface area (Å²) in [5.74, 6) is 1.67. The van der Waals surface area contributed by atoms with Crippen molar-refractivity contribution in [3.63, 3.8) is 0 Å². The molecule has 1 N–H and O–H groups in total. The Morgan fingerprint density at radius 3 is 2.74 bits per heavy atom. The second kappa shape index (κ2) is 7.66. The van der Waals surface area contributed by atoms with Crippen molar-refractivity contribution in [2.45, 2.75) is 6.54 Å². The minimum absolute atomic E-state index is 0.626. The molecule has 0 saturated carbocycles. The number of amidine groups is 1. The van der Waals surface area contributed by atoms with E-state index in [1.165, 1.54) is 0 Å². The summed E-state index contributed by atoms with van der Waals surface area (Å²) in [6.45, 7) is 0.626. The summed E-state index contributed by atoms with van der Waals surface area (Å²) in [4.78, 5) is 4.57. The fourth-order valence-corrected chi connectivity index (χ4v) is 3.28. The number of aliphatic imine (C=N–C) groups is 1. The Morgan fingerprint density at radius 2 is 2.09 bits per heavy atom. The van der Waals surface area contributed by atoms with Crippen molar-refractivity contribution >= 4 is 38.6 Å². The highest BCUT2D eigenvalue weighted by atomic mass is 79.9. The van der Waals surface area contributed by atoms with E-state index in [2.05, 4.69) is 43.6 Å². The van der Waals surface area contributed by atoms with Crippen molar-refractivity contribution in [3.05, 3.63) is 64.1 Å². The lowest BCUT2D eigenvalue weighted by atomic mass is 10.1. The molecule has 6 heteroatoms. The van der Waals surface area contributed by atoms with Gasteiger partial charge in [-0.2, -0.15) is 5.10 Å². The average molecular weight is 390 g/mol. The Bertz CT molecular complexity index is 744. The van der Waals surface area contributed by atoms with E-state index in [-0.39, 0.29) is 0 Å². The number of halogens is 1. The maximum absolute atomic E-state index is 5.15. The van der Waals surface area contributed by atoms with Gasteiger partial charge in [-0.15, -0.1) is 0 Å². The molecule has 23 heavy (non-hydrogen) atoms. The van der Waals surface area contributed by atoms with Crippen LogP contribution in [0.3, 0.4) is 0 Å². The van der Waals surface area contributed by atoms with E-state index in [1.54, 1.807) is 18.9 Å². The van der Waals surface area contributed by atoms with Gasteiger partial charge in [0, 0.05) is 10.2 Å². The molecule has 2 aromatic rings. The van der Waals surface area contributed by atoms with Crippen molar-refractivity contribution in [1.29, 1.82) is 0 Å². The van der Waals surface area contributed by atoms with E-state index in [9.17, 15) is 0 Å². The first kappa shape index (κ1) is 16.1. The summed E-state index contributed by atoms with van der Waals surface area (Å²) in [5.41, 5.74) is 6.33. The van der Waals surface area contributed by atoms with Crippen molar-refractivity contribution in [3.8, 4) is 5.75 Å². The quantitative estimate of drug-likeness (QED) is 0.857. The normalized spacial score (nSPS) is 15.9. The van der Waals surface area contributed by atoms with Crippen LogP contribution in [0.25, 0.3) is 0 Å². The van der Waals surface area contributed by atoms with Crippen molar-refractivity contribution < 1.29 is 4.74 Å². The lowest BCUT2D eigenvalue weighted by Gasteiger charge is -2.15. The zero-order valence-corrected chi connectivity index (χ0v) is 15.0. The van der Waals surface area contributed by atoms with Gasteiger partial charge in [0.15, 0.2) is 5.17 Å². The number of ether oxygens (including phenoxy) is 1. The van der Waals surface area contributed by atoms with Gasteiger partial charge in [0.05, 0.1) is 19.4 Å². The molecule has 1 aliphatic heterocycles. The van der Waals surface area contributed by atoms with Crippen LogP contribution in [0, 0.1) is 0 Å². The Balaban J connectivity index is 1.63. The second-order valence-electron chi connectivity index (χ2n) is 4.94. The third kappa shape index (κ3) is 4.36. The molecule has 0 aromatic heterocycles. The predicted octanol–water partition coefficient (Wildman–Crippen LogP) is 4.05. The molecule has 0 fully saturated rings. The van der Waals surface area contributed by atoms with Gasteiger partial charge in [0.2, 0.25) is 0 Å². The SMILES string of the molecule is COc1ccc(CN=C2NN=C(c3cccc(Br)c3)CS2)cc1. The summed E-state index contributed by atoms with van der Waals surface area (Å²) in [6.07, 6.45) is 0. The molecule has 0 amide bonds. The minimum Gasteiger partial charge on any atom is -0.497 e. The van der Waals surface area contributed by atoms with Crippen LogP contribution in [0.5, 0.6) is 5.75 Å². The summed E-state index contributed by atoms with van der Waals surface area (Å²) in [7, 11) is 1.67. The lowest BCUT2D eigenvalue weighted by Crippen LogP contribution is -2.25. The van der Waals surface area contributed by atoms with Gasteiger partial charge < -0.3 is 4.74 Å². The van der Waals surface area contributed by atoms with E-state index >= 15 is 0 Å². The minimum atomic E-state index is 0.626. The fourth-order valence-electron chi connectivity index (χ4n) is 2.11. The molecule has 0 saturated heterocycles. The molecule has 4 nitrogen and oxygen atoms in total. The largest absolute Gasteiger partial charge is 0.497 e. The highest BCUT2D eigenvalue weighted by Crippen LogP contribution is 2.18. The Morgan fingerprint density at radius 1 is 1.26 bits per heavy atom. The molecular formula is C17H16BrN3OS. The van der Waals surface area contributed by atoms with E-state index in [0.717, 1.165) is 38.0 Å². The van der Waals surface area contributed by atoms with Crippen LogP contribution in [-0.4, -0.2) is 23.7 Å². The number of benzene rings is 2. The first-order chi connectivity index (χ1) is 11.2. The first-order valence-electron chi connectivity index (χ1n) is 7.13. The van der Waals surface area contributed by atoms with Crippen molar-refractivity contribution in [2.24, 2.45) is 10.1 Å². The smallest absolute Gasteiger partial charge is 0.177 e. The number of thioether (sulfide) groups is 1. The Hall–Kier alpha value is -1.79. The average Bonchev–Trinajstić information content (AvgIpc) is 2.61. The molecule has 0 radical (unpaired) electrons. The van der Waals surface area contributed by atoms with Gasteiger partial charge in [-0.05, 0) is 35.4 Å². The number of methoxy groups -OCH3 is 1. The van der Waals surface area contributed by atoms with Crippen LogP contribution in [0.4, 0.5) is 0 Å². The molecule has 3 rings (SSSR count).